The molecule has 0 aromatic carbocycles. The summed E-state index contributed by atoms with van der Waals surface area (Å²) in [5.41, 5.74) is 0.616. The number of fused-ring (bicyclic) bond motifs is 1. The van der Waals surface area contributed by atoms with E-state index >= 15 is 0 Å². The van der Waals surface area contributed by atoms with Gasteiger partial charge in [-0.15, -0.1) is 0 Å². The summed E-state index contributed by atoms with van der Waals surface area (Å²) in [7, 11) is 0. The van der Waals surface area contributed by atoms with Crippen LogP contribution in [0.15, 0.2) is 30.7 Å². The van der Waals surface area contributed by atoms with Gasteiger partial charge in [-0.05, 0) is 12.1 Å². The predicted octanol–water partition coefficient (Wildman–Crippen LogP) is 1.56. The van der Waals surface area contributed by atoms with E-state index in [9.17, 15) is 4.79 Å². The zero-order valence-electron chi connectivity index (χ0n) is 6.14. The average Bonchev–Trinajstić information content (AvgIpc) is 2.47. The van der Waals surface area contributed by atoms with Crippen molar-refractivity contribution in [1.82, 2.24) is 9.55 Å². The van der Waals surface area contributed by atoms with Crippen molar-refractivity contribution in [2.24, 2.45) is 0 Å². The minimum Gasteiger partial charge on any atom is -0.464 e. The fourth-order valence-electron chi connectivity index (χ4n) is 1.14. The van der Waals surface area contributed by atoms with Crippen molar-refractivity contribution >= 4 is 17.0 Å². The standard InChI is InChI=1S/C8H6N2O2/c11-8(12)10-4-2-6-1-3-9-5-7(6)10/h1-5H,(H,11,12). The van der Waals surface area contributed by atoms with Gasteiger partial charge < -0.3 is 5.11 Å². The molecule has 2 aromatic rings. The van der Waals surface area contributed by atoms with Crippen LogP contribution in [0.25, 0.3) is 10.9 Å². The number of hydrogen-bond acceptors (Lipinski definition) is 2. The zero-order valence-corrected chi connectivity index (χ0v) is 6.14. The van der Waals surface area contributed by atoms with Crippen LogP contribution in [0.5, 0.6) is 0 Å². The second-order valence-corrected chi connectivity index (χ2v) is 2.40. The molecule has 4 heteroatoms. The van der Waals surface area contributed by atoms with E-state index in [4.69, 9.17) is 5.11 Å². The lowest BCUT2D eigenvalue weighted by Gasteiger charge is -1.94. The molecule has 0 aliphatic carbocycles. The maximum Gasteiger partial charge on any atom is 0.416 e. The molecule has 1 N–H and O–H groups in total. The summed E-state index contributed by atoms with van der Waals surface area (Å²) in [5.74, 6) is 0. The molecule has 0 radical (unpaired) electrons. The Morgan fingerprint density at radius 2 is 2.33 bits per heavy atom. The summed E-state index contributed by atoms with van der Waals surface area (Å²) >= 11 is 0. The highest BCUT2D eigenvalue weighted by atomic mass is 16.4. The summed E-state index contributed by atoms with van der Waals surface area (Å²) < 4.78 is 1.14. The average molecular weight is 162 g/mol. The lowest BCUT2D eigenvalue weighted by atomic mass is 10.3. The lowest BCUT2D eigenvalue weighted by molar-refractivity contribution is 0.197. The van der Waals surface area contributed by atoms with Gasteiger partial charge in [-0.3, -0.25) is 9.55 Å². The largest absolute Gasteiger partial charge is 0.464 e. The van der Waals surface area contributed by atoms with Gasteiger partial charge in [0.2, 0.25) is 0 Å². The second-order valence-electron chi connectivity index (χ2n) is 2.40. The molecule has 0 fully saturated rings. The fraction of sp³-hybridized carbons (Fsp3) is 0. The molecule has 4 nitrogen and oxygen atoms in total. The molecule has 0 bridgehead atoms. The van der Waals surface area contributed by atoms with Crippen molar-refractivity contribution < 1.29 is 9.90 Å². The molecule has 12 heavy (non-hydrogen) atoms. The molecule has 0 unspecified atom stereocenters. The van der Waals surface area contributed by atoms with Crippen LogP contribution in [0.3, 0.4) is 0 Å². The summed E-state index contributed by atoms with van der Waals surface area (Å²) in [6.07, 6.45) is 3.69. The third-order valence-corrected chi connectivity index (χ3v) is 1.70. The molecule has 0 amide bonds. The monoisotopic (exact) mass is 162 g/mol. The first-order chi connectivity index (χ1) is 5.79. The number of hydrogen-bond donors (Lipinski definition) is 1. The van der Waals surface area contributed by atoms with E-state index in [1.165, 1.54) is 12.4 Å². The smallest absolute Gasteiger partial charge is 0.416 e. The number of rotatable bonds is 0. The Kier molecular flexibility index (Phi) is 1.33. The van der Waals surface area contributed by atoms with Crippen molar-refractivity contribution in [2.45, 2.75) is 0 Å². The van der Waals surface area contributed by atoms with Crippen LogP contribution >= 0.6 is 0 Å². The number of nitrogens with zero attached hydrogens (tertiary/aromatic N) is 2. The molecule has 2 aromatic heterocycles. The molecule has 2 heterocycles. The summed E-state index contributed by atoms with van der Waals surface area (Å²) in [6, 6.07) is 3.51. The molecule has 0 spiro atoms. The molecule has 0 saturated heterocycles. The van der Waals surface area contributed by atoms with Crippen LogP contribution in [-0.2, 0) is 0 Å². The molecule has 2 rings (SSSR count). The second kappa shape index (κ2) is 2.34. The van der Waals surface area contributed by atoms with Crippen LogP contribution in [0.4, 0.5) is 4.79 Å². The van der Waals surface area contributed by atoms with E-state index in [2.05, 4.69) is 4.98 Å². The quantitative estimate of drug-likeness (QED) is 0.639. The van der Waals surface area contributed by atoms with Gasteiger partial charge in [0.05, 0.1) is 11.7 Å². The van der Waals surface area contributed by atoms with Crippen LogP contribution in [0, 0.1) is 0 Å². The summed E-state index contributed by atoms with van der Waals surface area (Å²) in [5, 5.41) is 9.59. The lowest BCUT2D eigenvalue weighted by Crippen LogP contribution is -2.05. The van der Waals surface area contributed by atoms with Gasteiger partial charge in [0, 0.05) is 17.8 Å². The van der Waals surface area contributed by atoms with Crippen LogP contribution in [0.1, 0.15) is 0 Å². The van der Waals surface area contributed by atoms with E-state index in [0.717, 1.165) is 9.95 Å². The molecule has 0 saturated carbocycles. The zero-order chi connectivity index (χ0) is 8.55. The first kappa shape index (κ1) is 6.84. The van der Waals surface area contributed by atoms with Crippen LogP contribution in [0.2, 0.25) is 0 Å². The van der Waals surface area contributed by atoms with Crippen molar-refractivity contribution in [3.63, 3.8) is 0 Å². The SMILES string of the molecule is O=C(O)n1ccc2ccncc21. The van der Waals surface area contributed by atoms with Crippen LogP contribution < -0.4 is 0 Å². The molecule has 60 valence electrons. The maximum absolute atomic E-state index is 10.6. The first-order valence-electron chi connectivity index (χ1n) is 3.43. The number of carbonyl (C=O) groups is 1. The number of pyridine rings is 1. The minimum absolute atomic E-state index is 0.616. The molecule has 0 aliphatic rings. The van der Waals surface area contributed by atoms with E-state index < -0.39 is 6.09 Å². The van der Waals surface area contributed by atoms with Gasteiger partial charge in [-0.25, -0.2) is 4.79 Å². The molecular formula is C8H6N2O2. The normalized spacial score (nSPS) is 10.3. The Hall–Kier alpha value is -1.84. The number of carboxylic acid groups (broad SMARTS) is 1. The fourth-order valence-corrected chi connectivity index (χ4v) is 1.14. The van der Waals surface area contributed by atoms with Crippen molar-refractivity contribution in [3.8, 4) is 0 Å². The minimum atomic E-state index is -0.988. The molecule has 0 atom stereocenters. The van der Waals surface area contributed by atoms with Gasteiger partial charge in [-0.2, -0.15) is 0 Å². The summed E-state index contributed by atoms with van der Waals surface area (Å²) in [4.78, 5) is 14.5. The predicted molar refractivity (Wildman–Crippen MR) is 43.2 cm³/mol. The van der Waals surface area contributed by atoms with Crippen molar-refractivity contribution in [1.29, 1.82) is 0 Å². The highest BCUT2D eigenvalue weighted by Crippen LogP contribution is 2.12. The Bertz CT molecular complexity index is 433. The highest BCUT2D eigenvalue weighted by molar-refractivity contribution is 5.87. The maximum atomic E-state index is 10.6. The third-order valence-electron chi connectivity index (χ3n) is 1.70. The van der Waals surface area contributed by atoms with Gasteiger partial charge in [0.1, 0.15) is 0 Å². The van der Waals surface area contributed by atoms with Gasteiger partial charge in [-0.1, -0.05) is 0 Å². The third kappa shape index (κ3) is 0.852. The summed E-state index contributed by atoms with van der Waals surface area (Å²) in [6.45, 7) is 0. The van der Waals surface area contributed by atoms with Crippen molar-refractivity contribution in [2.75, 3.05) is 0 Å². The van der Waals surface area contributed by atoms with Crippen LogP contribution in [-0.4, -0.2) is 20.8 Å². The Morgan fingerprint density at radius 3 is 3.08 bits per heavy atom. The first-order valence-corrected chi connectivity index (χ1v) is 3.43. The Labute approximate surface area is 68.1 Å². The topological polar surface area (TPSA) is 55.1 Å². The molecular weight excluding hydrogens is 156 g/mol. The van der Waals surface area contributed by atoms with Gasteiger partial charge in [0.25, 0.3) is 0 Å². The van der Waals surface area contributed by atoms with E-state index in [1.54, 1.807) is 18.3 Å². The Balaban J connectivity index is 2.79. The number of aromatic nitrogens is 2. The Morgan fingerprint density at radius 1 is 1.50 bits per heavy atom. The highest BCUT2D eigenvalue weighted by Gasteiger charge is 2.04. The molecule has 0 aliphatic heterocycles. The van der Waals surface area contributed by atoms with Gasteiger partial charge in [0.15, 0.2) is 0 Å². The van der Waals surface area contributed by atoms with E-state index in [-0.39, 0.29) is 0 Å². The van der Waals surface area contributed by atoms with E-state index in [0.29, 0.717) is 5.52 Å². The van der Waals surface area contributed by atoms with Gasteiger partial charge >= 0.3 is 6.09 Å². The van der Waals surface area contributed by atoms with E-state index in [1.807, 2.05) is 0 Å². The van der Waals surface area contributed by atoms with Crippen molar-refractivity contribution in [3.05, 3.63) is 30.7 Å².